The molecule has 0 atom stereocenters. The molecule has 0 bridgehead atoms. The Morgan fingerprint density at radius 3 is 2.57 bits per heavy atom. The first-order valence-electron chi connectivity index (χ1n) is 4.65. The van der Waals surface area contributed by atoms with Crippen molar-refractivity contribution in [1.82, 2.24) is 4.98 Å². The van der Waals surface area contributed by atoms with E-state index in [0.717, 1.165) is 5.56 Å². The zero-order valence-electron chi connectivity index (χ0n) is 9.00. The lowest BCUT2D eigenvalue weighted by molar-refractivity contribution is 0.101. The predicted octanol–water partition coefficient (Wildman–Crippen LogP) is 2.38. The van der Waals surface area contributed by atoms with Gasteiger partial charge in [-0.25, -0.2) is 4.98 Å². The zero-order chi connectivity index (χ0) is 10.7. The Hall–Kier alpha value is -1.38. The van der Waals surface area contributed by atoms with Gasteiger partial charge in [0.25, 0.3) is 0 Å². The minimum absolute atomic E-state index is 0.0334. The number of rotatable bonds is 3. The van der Waals surface area contributed by atoms with E-state index in [2.05, 4.69) is 4.98 Å². The van der Waals surface area contributed by atoms with Gasteiger partial charge in [-0.15, -0.1) is 0 Å². The molecule has 0 aromatic carbocycles. The molecule has 1 aromatic heterocycles. The van der Waals surface area contributed by atoms with Crippen LogP contribution in [0.15, 0.2) is 12.3 Å². The third kappa shape index (κ3) is 2.55. The second kappa shape index (κ2) is 4.22. The monoisotopic (exact) mass is 193 g/mol. The van der Waals surface area contributed by atoms with Crippen LogP contribution in [0.25, 0.3) is 0 Å². The molecular weight excluding hydrogens is 178 g/mol. The van der Waals surface area contributed by atoms with Crippen LogP contribution in [-0.4, -0.2) is 16.9 Å². The van der Waals surface area contributed by atoms with Crippen LogP contribution in [0.3, 0.4) is 0 Å². The lowest BCUT2D eigenvalue weighted by Gasteiger charge is -2.09. The summed E-state index contributed by atoms with van der Waals surface area (Å²) in [5.41, 5.74) is 1.56. The summed E-state index contributed by atoms with van der Waals surface area (Å²) in [5, 5.41) is 0. The van der Waals surface area contributed by atoms with Crippen molar-refractivity contribution in [3.8, 4) is 5.88 Å². The summed E-state index contributed by atoms with van der Waals surface area (Å²) in [6.07, 6.45) is 1.67. The fourth-order valence-electron chi connectivity index (χ4n) is 1.20. The fraction of sp³-hybridized carbons (Fsp3) is 0.455. The lowest BCUT2D eigenvalue weighted by Crippen LogP contribution is -2.08. The Morgan fingerprint density at radius 1 is 1.50 bits per heavy atom. The smallest absolute Gasteiger partial charge is 0.213 e. The number of hydrogen-bond acceptors (Lipinski definition) is 3. The van der Waals surface area contributed by atoms with Gasteiger partial charge in [0.05, 0.1) is 6.10 Å². The topological polar surface area (TPSA) is 39.2 Å². The number of carbonyl (C=O) groups is 1. The van der Waals surface area contributed by atoms with E-state index in [1.165, 1.54) is 6.92 Å². The van der Waals surface area contributed by atoms with E-state index in [1.807, 2.05) is 20.8 Å². The van der Waals surface area contributed by atoms with Crippen LogP contribution in [0, 0.1) is 6.92 Å². The molecule has 0 N–H and O–H groups in total. The van der Waals surface area contributed by atoms with E-state index in [9.17, 15) is 4.79 Å². The SMILES string of the molecule is CC(=O)c1cnc(OC(C)C)cc1C. The predicted molar refractivity (Wildman–Crippen MR) is 54.7 cm³/mol. The molecule has 3 nitrogen and oxygen atoms in total. The average molecular weight is 193 g/mol. The number of aryl methyl sites for hydroxylation is 1. The van der Waals surface area contributed by atoms with E-state index in [4.69, 9.17) is 4.74 Å². The Labute approximate surface area is 84.1 Å². The van der Waals surface area contributed by atoms with Gasteiger partial charge in [0, 0.05) is 17.8 Å². The van der Waals surface area contributed by atoms with E-state index >= 15 is 0 Å². The number of nitrogens with zero attached hydrogens (tertiary/aromatic N) is 1. The highest BCUT2D eigenvalue weighted by Gasteiger charge is 2.06. The first-order valence-corrected chi connectivity index (χ1v) is 4.65. The maximum atomic E-state index is 11.1. The van der Waals surface area contributed by atoms with E-state index < -0.39 is 0 Å². The molecule has 1 aromatic rings. The normalized spacial score (nSPS) is 10.4. The largest absolute Gasteiger partial charge is 0.475 e. The average Bonchev–Trinajstić information content (AvgIpc) is 2.01. The summed E-state index contributed by atoms with van der Waals surface area (Å²) < 4.78 is 5.41. The molecule has 0 amide bonds. The first-order chi connectivity index (χ1) is 6.50. The van der Waals surface area contributed by atoms with Crippen molar-refractivity contribution in [2.24, 2.45) is 0 Å². The van der Waals surface area contributed by atoms with Gasteiger partial charge in [-0.05, 0) is 33.3 Å². The summed E-state index contributed by atoms with van der Waals surface area (Å²) in [6, 6.07) is 1.79. The summed E-state index contributed by atoms with van der Waals surface area (Å²) in [5.74, 6) is 0.605. The number of ketones is 1. The summed E-state index contributed by atoms with van der Waals surface area (Å²) in [4.78, 5) is 15.2. The molecule has 0 aliphatic carbocycles. The molecule has 1 heterocycles. The number of Topliss-reactive ketones (excluding diaryl/α,β-unsaturated/α-hetero) is 1. The molecule has 0 radical (unpaired) electrons. The zero-order valence-corrected chi connectivity index (χ0v) is 9.00. The summed E-state index contributed by atoms with van der Waals surface area (Å²) in [6.45, 7) is 7.30. The van der Waals surface area contributed by atoms with Gasteiger partial charge in [-0.3, -0.25) is 4.79 Å². The number of carbonyl (C=O) groups excluding carboxylic acids is 1. The van der Waals surface area contributed by atoms with Gasteiger partial charge in [-0.2, -0.15) is 0 Å². The molecule has 0 aliphatic rings. The van der Waals surface area contributed by atoms with E-state index in [-0.39, 0.29) is 11.9 Å². The van der Waals surface area contributed by atoms with Crippen LogP contribution >= 0.6 is 0 Å². The van der Waals surface area contributed by atoms with Gasteiger partial charge >= 0.3 is 0 Å². The molecule has 0 saturated carbocycles. The second-order valence-electron chi connectivity index (χ2n) is 3.56. The summed E-state index contributed by atoms with van der Waals surface area (Å²) >= 11 is 0. The Kier molecular flexibility index (Phi) is 3.23. The van der Waals surface area contributed by atoms with Crippen LogP contribution < -0.4 is 4.74 Å². The van der Waals surface area contributed by atoms with Gasteiger partial charge in [0.1, 0.15) is 0 Å². The number of hydrogen-bond donors (Lipinski definition) is 0. The first kappa shape index (κ1) is 10.7. The summed E-state index contributed by atoms with van der Waals surface area (Å²) in [7, 11) is 0. The second-order valence-corrected chi connectivity index (χ2v) is 3.56. The minimum atomic E-state index is 0.0334. The van der Waals surface area contributed by atoms with Gasteiger partial charge in [0.15, 0.2) is 5.78 Å². The lowest BCUT2D eigenvalue weighted by atomic mass is 10.1. The molecule has 0 unspecified atom stereocenters. The third-order valence-corrected chi connectivity index (χ3v) is 1.82. The van der Waals surface area contributed by atoms with Crippen molar-refractivity contribution in [1.29, 1.82) is 0 Å². The molecule has 14 heavy (non-hydrogen) atoms. The molecule has 0 spiro atoms. The van der Waals surface area contributed by atoms with Crippen LogP contribution in [0.2, 0.25) is 0 Å². The van der Waals surface area contributed by atoms with Gasteiger partial charge < -0.3 is 4.74 Å². The van der Waals surface area contributed by atoms with Crippen molar-refractivity contribution in [3.05, 3.63) is 23.4 Å². The van der Waals surface area contributed by atoms with Crippen LogP contribution in [0.5, 0.6) is 5.88 Å². The van der Waals surface area contributed by atoms with Crippen LogP contribution in [-0.2, 0) is 0 Å². The molecule has 76 valence electrons. The molecule has 0 saturated heterocycles. The van der Waals surface area contributed by atoms with E-state index in [0.29, 0.717) is 11.4 Å². The molecule has 0 aliphatic heterocycles. The fourth-order valence-corrected chi connectivity index (χ4v) is 1.20. The van der Waals surface area contributed by atoms with Crippen molar-refractivity contribution in [3.63, 3.8) is 0 Å². The van der Waals surface area contributed by atoms with Crippen molar-refractivity contribution in [2.75, 3.05) is 0 Å². The highest BCUT2D eigenvalue weighted by molar-refractivity contribution is 5.95. The third-order valence-electron chi connectivity index (χ3n) is 1.82. The van der Waals surface area contributed by atoms with Crippen molar-refractivity contribution < 1.29 is 9.53 Å². The quantitative estimate of drug-likeness (QED) is 0.692. The molecule has 1 rings (SSSR count). The van der Waals surface area contributed by atoms with Crippen molar-refractivity contribution >= 4 is 5.78 Å². The van der Waals surface area contributed by atoms with Gasteiger partial charge in [0.2, 0.25) is 5.88 Å². The minimum Gasteiger partial charge on any atom is -0.475 e. The van der Waals surface area contributed by atoms with E-state index in [1.54, 1.807) is 12.3 Å². The maximum Gasteiger partial charge on any atom is 0.213 e. The molecule has 3 heteroatoms. The number of pyridine rings is 1. The van der Waals surface area contributed by atoms with Gasteiger partial charge in [-0.1, -0.05) is 0 Å². The number of ether oxygens (including phenoxy) is 1. The number of aromatic nitrogens is 1. The van der Waals surface area contributed by atoms with Crippen LogP contribution in [0.4, 0.5) is 0 Å². The maximum absolute atomic E-state index is 11.1. The molecular formula is C11H15NO2. The Balaban J connectivity index is 2.94. The molecule has 0 fully saturated rings. The highest BCUT2D eigenvalue weighted by Crippen LogP contribution is 2.15. The standard InChI is InChI=1S/C11H15NO2/c1-7(2)14-11-5-8(3)10(6-12-11)9(4)13/h5-7H,1-4H3. The Bertz CT molecular complexity index is 345. The highest BCUT2D eigenvalue weighted by atomic mass is 16.5. The van der Waals surface area contributed by atoms with Crippen molar-refractivity contribution in [2.45, 2.75) is 33.8 Å². The Morgan fingerprint density at radius 2 is 2.14 bits per heavy atom. The van der Waals surface area contributed by atoms with Crippen LogP contribution in [0.1, 0.15) is 36.7 Å².